The van der Waals surface area contributed by atoms with Crippen molar-refractivity contribution in [2.75, 3.05) is 5.32 Å². The summed E-state index contributed by atoms with van der Waals surface area (Å²) < 4.78 is 0. The van der Waals surface area contributed by atoms with Crippen LogP contribution in [0.3, 0.4) is 0 Å². The predicted octanol–water partition coefficient (Wildman–Crippen LogP) is 1.64. The fourth-order valence-corrected chi connectivity index (χ4v) is 4.22. The molecule has 2 bridgehead atoms. The molecule has 4 nitrogen and oxygen atoms in total. The maximum Gasteiger partial charge on any atom is 0.228 e. The summed E-state index contributed by atoms with van der Waals surface area (Å²) in [6, 6.07) is 0. The summed E-state index contributed by atoms with van der Waals surface area (Å²) in [4.78, 5) is 12.1. The van der Waals surface area contributed by atoms with E-state index < -0.39 is 0 Å². The van der Waals surface area contributed by atoms with Gasteiger partial charge in [0, 0.05) is 12.1 Å². The molecule has 3 aliphatic carbocycles. The Kier molecular flexibility index (Phi) is 1.58. The van der Waals surface area contributed by atoms with Crippen molar-refractivity contribution < 1.29 is 4.79 Å². The van der Waals surface area contributed by atoms with E-state index >= 15 is 0 Å². The number of anilines is 1. The van der Waals surface area contributed by atoms with E-state index in [4.69, 9.17) is 0 Å². The lowest BCUT2D eigenvalue weighted by molar-refractivity contribution is -0.118. The molecule has 0 saturated heterocycles. The Labute approximate surface area is 93.8 Å². The predicted molar refractivity (Wildman–Crippen MR) is 58.5 cm³/mol. The van der Waals surface area contributed by atoms with Crippen LogP contribution in [0.1, 0.15) is 19.3 Å². The van der Waals surface area contributed by atoms with E-state index in [-0.39, 0.29) is 5.91 Å². The minimum Gasteiger partial charge on any atom is -0.323 e. The van der Waals surface area contributed by atoms with Crippen molar-refractivity contribution in [1.82, 2.24) is 10.2 Å². The number of carbonyl (C=O) groups is 1. The Morgan fingerprint density at radius 3 is 2.75 bits per heavy atom. The van der Waals surface area contributed by atoms with E-state index in [1.165, 1.54) is 19.3 Å². The van der Waals surface area contributed by atoms with Crippen LogP contribution < -0.4 is 5.32 Å². The molecule has 2 N–H and O–H groups in total. The van der Waals surface area contributed by atoms with Crippen molar-refractivity contribution in [1.29, 1.82) is 0 Å². The first kappa shape index (κ1) is 8.79. The minimum absolute atomic E-state index is 0.216. The number of carbonyl (C=O) groups excluding carboxylic acids is 1. The molecule has 84 valence electrons. The summed E-state index contributed by atoms with van der Waals surface area (Å²) in [5, 5.41) is 9.49. The van der Waals surface area contributed by atoms with Crippen molar-refractivity contribution in [3.63, 3.8) is 0 Å². The number of nitrogens with zero attached hydrogens (tertiary/aromatic N) is 1. The molecule has 1 aromatic rings. The highest BCUT2D eigenvalue weighted by molar-refractivity contribution is 5.94. The lowest BCUT2D eigenvalue weighted by atomic mass is 10.0. The molecule has 1 heterocycles. The zero-order valence-electron chi connectivity index (χ0n) is 9.02. The van der Waals surface area contributed by atoms with Crippen LogP contribution in [0.25, 0.3) is 0 Å². The van der Waals surface area contributed by atoms with Crippen LogP contribution >= 0.6 is 0 Å². The molecule has 4 unspecified atom stereocenters. The van der Waals surface area contributed by atoms with Crippen molar-refractivity contribution in [2.24, 2.45) is 29.6 Å². The number of fused-ring (bicyclic) bond motifs is 5. The van der Waals surface area contributed by atoms with Crippen LogP contribution in [-0.4, -0.2) is 16.1 Å². The molecule has 1 amide bonds. The molecular weight excluding hydrogens is 202 g/mol. The quantitative estimate of drug-likeness (QED) is 0.791. The third-order valence-electron chi connectivity index (χ3n) is 4.80. The second kappa shape index (κ2) is 2.87. The zero-order valence-corrected chi connectivity index (χ0v) is 9.02. The van der Waals surface area contributed by atoms with Crippen molar-refractivity contribution in [3.05, 3.63) is 12.4 Å². The Morgan fingerprint density at radius 2 is 2.12 bits per heavy atom. The van der Waals surface area contributed by atoms with Gasteiger partial charge in [0.2, 0.25) is 5.91 Å². The van der Waals surface area contributed by atoms with Crippen molar-refractivity contribution in [2.45, 2.75) is 19.3 Å². The highest BCUT2D eigenvalue weighted by atomic mass is 16.2. The fraction of sp³-hybridized carbons (Fsp3) is 0.667. The first-order valence-corrected chi connectivity index (χ1v) is 6.14. The number of amides is 1. The third-order valence-corrected chi connectivity index (χ3v) is 4.80. The SMILES string of the molecule is O=C(Nc1cn[nH]c1)C1C2C3CCC(C3)C12. The van der Waals surface area contributed by atoms with Gasteiger partial charge in [0.1, 0.15) is 0 Å². The standard InChI is InChI=1S/C12H15N3O/c16-12(15-8-4-13-14-5-8)11-9-6-1-2-7(3-6)10(9)11/h4-7,9-11H,1-3H2,(H,13,14)(H,15,16). The van der Waals surface area contributed by atoms with Crippen LogP contribution in [0.2, 0.25) is 0 Å². The first-order chi connectivity index (χ1) is 7.84. The fourth-order valence-electron chi connectivity index (χ4n) is 4.22. The van der Waals surface area contributed by atoms with Gasteiger partial charge < -0.3 is 5.32 Å². The molecule has 0 radical (unpaired) electrons. The second-order valence-electron chi connectivity index (χ2n) is 5.49. The van der Waals surface area contributed by atoms with Gasteiger partial charge in [0.05, 0.1) is 11.9 Å². The maximum atomic E-state index is 12.1. The highest BCUT2D eigenvalue weighted by Crippen LogP contribution is 2.69. The summed E-state index contributed by atoms with van der Waals surface area (Å²) in [6.45, 7) is 0. The molecule has 3 fully saturated rings. The molecule has 0 aliphatic heterocycles. The van der Waals surface area contributed by atoms with Gasteiger partial charge in [0.15, 0.2) is 0 Å². The normalized spacial score (nSPS) is 43.1. The number of H-pyrrole nitrogens is 1. The summed E-state index contributed by atoms with van der Waals surface area (Å²) in [7, 11) is 0. The van der Waals surface area contributed by atoms with Gasteiger partial charge in [-0.15, -0.1) is 0 Å². The Hall–Kier alpha value is -1.32. The number of aromatic nitrogens is 2. The van der Waals surface area contributed by atoms with Crippen LogP contribution in [0, 0.1) is 29.6 Å². The maximum absolute atomic E-state index is 12.1. The molecule has 16 heavy (non-hydrogen) atoms. The van der Waals surface area contributed by atoms with Gasteiger partial charge in [-0.1, -0.05) is 0 Å². The van der Waals surface area contributed by atoms with Crippen LogP contribution in [0.15, 0.2) is 12.4 Å². The van der Waals surface area contributed by atoms with Gasteiger partial charge in [-0.05, 0) is 42.9 Å². The van der Waals surface area contributed by atoms with Gasteiger partial charge >= 0.3 is 0 Å². The van der Waals surface area contributed by atoms with E-state index in [2.05, 4.69) is 15.5 Å². The molecule has 1 aromatic heterocycles. The average Bonchev–Trinajstić information content (AvgIpc) is 2.73. The summed E-state index contributed by atoms with van der Waals surface area (Å²) in [5.41, 5.74) is 0.794. The Bertz CT molecular complexity index is 411. The smallest absolute Gasteiger partial charge is 0.228 e. The minimum atomic E-state index is 0.216. The third kappa shape index (κ3) is 1.05. The van der Waals surface area contributed by atoms with Gasteiger partial charge in [-0.2, -0.15) is 5.10 Å². The van der Waals surface area contributed by atoms with Crippen molar-refractivity contribution >= 4 is 11.6 Å². The molecule has 4 rings (SSSR count). The molecule has 4 heteroatoms. The molecular formula is C12H15N3O. The summed E-state index contributed by atoms with van der Waals surface area (Å²) in [5.74, 6) is 3.66. The molecule has 0 aromatic carbocycles. The van der Waals surface area contributed by atoms with Gasteiger partial charge in [0.25, 0.3) is 0 Å². The van der Waals surface area contributed by atoms with E-state index in [1.54, 1.807) is 12.4 Å². The summed E-state index contributed by atoms with van der Waals surface area (Å²) >= 11 is 0. The summed E-state index contributed by atoms with van der Waals surface area (Å²) in [6.07, 6.45) is 7.50. The number of aromatic amines is 1. The number of hydrogen-bond donors (Lipinski definition) is 2. The molecule has 3 aliphatic rings. The first-order valence-electron chi connectivity index (χ1n) is 6.14. The van der Waals surface area contributed by atoms with E-state index in [0.29, 0.717) is 17.8 Å². The molecule has 0 spiro atoms. The van der Waals surface area contributed by atoms with Crippen molar-refractivity contribution in [3.8, 4) is 0 Å². The second-order valence-corrected chi connectivity index (χ2v) is 5.49. The lowest BCUT2D eigenvalue weighted by Gasteiger charge is -2.07. The number of hydrogen-bond acceptors (Lipinski definition) is 2. The van der Waals surface area contributed by atoms with Crippen LogP contribution in [0.5, 0.6) is 0 Å². The average molecular weight is 217 g/mol. The number of nitrogens with one attached hydrogen (secondary N) is 2. The number of rotatable bonds is 2. The van der Waals surface area contributed by atoms with E-state index in [9.17, 15) is 4.79 Å². The van der Waals surface area contributed by atoms with Gasteiger partial charge in [-0.25, -0.2) is 0 Å². The molecule has 4 atom stereocenters. The lowest BCUT2D eigenvalue weighted by Crippen LogP contribution is -2.18. The zero-order chi connectivity index (χ0) is 10.7. The van der Waals surface area contributed by atoms with E-state index in [1.807, 2.05) is 0 Å². The topological polar surface area (TPSA) is 57.8 Å². The Morgan fingerprint density at radius 1 is 1.38 bits per heavy atom. The monoisotopic (exact) mass is 217 g/mol. The van der Waals surface area contributed by atoms with E-state index in [0.717, 1.165) is 17.5 Å². The van der Waals surface area contributed by atoms with Crippen LogP contribution in [-0.2, 0) is 4.79 Å². The molecule has 3 saturated carbocycles. The van der Waals surface area contributed by atoms with Gasteiger partial charge in [-0.3, -0.25) is 9.89 Å². The largest absolute Gasteiger partial charge is 0.323 e. The highest BCUT2D eigenvalue weighted by Gasteiger charge is 2.67. The Balaban J connectivity index is 1.47. The van der Waals surface area contributed by atoms with Crippen LogP contribution in [0.4, 0.5) is 5.69 Å².